The van der Waals surface area contributed by atoms with Crippen molar-refractivity contribution in [3.8, 4) is 0 Å². The normalized spacial score (nSPS) is 15.2. The number of carbonyl (C=O) groups is 1. The van der Waals surface area contributed by atoms with Gasteiger partial charge in [-0.2, -0.15) is 0 Å². The van der Waals surface area contributed by atoms with E-state index in [1.807, 2.05) is 12.1 Å². The Kier molecular flexibility index (Phi) is 5.19. The maximum atomic E-state index is 13.0. The number of carbonyl (C=O) groups excluding carboxylic acids is 1. The predicted octanol–water partition coefficient (Wildman–Crippen LogP) is 2.80. The van der Waals surface area contributed by atoms with Gasteiger partial charge in [0, 0.05) is 37.4 Å². The van der Waals surface area contributed by atoms with Crippen LogP contribution in [0.5, 0.6) is 0 Å². The minimum absolute atomic E-state index is 0.279. The molecule has 3 rings (SSSR count). The highest BCUT2D eigenvalue weighted by molar-refractivity contribution is 6.06. The van der Waals surface area contributed by atoms with Crippen molar-refractivity contribution in [2.45, 2.75) is 6.92 Å². The lowest BCUT2D eigenvalue weighted by molar-refractivity contribution is 0.102. The first-order chi connectivity index (χ1) is 12.1. The van der Waals surface area contributed by atoms with Crippen LogP contribution in [-0.2, 0) is 0 Å². The van der Waals surface area contributed by atoms with Gasteiger partial charge in [-0.1, -0.05) is 6.92 Å². The summed E-state index contributed by atoms with van der Waals surface area (Å²) in [5.74, 6) is -0.644. The van der Waals surface area contributed by atoms with Gasteiger partial charge in [-0.05, 0) is 49.0 Å². The Morgan fingerprint density at radius 3 is 2.44 bits per heavy atom. The zero-order valence-electron chi connectivity index (χ0n) is 14.3. The van der Waals surface area contributed by atoms with Gasteiger partial charge in [-0.15, -0.1) is 0 Å². The summed E-state index contributed by atoms with van der Waals surface area (Å²) in [6, 6.07) is 11.0. The number of likely N-dealkylation sites (N-methyl/N-ethyl adjacent to an activating group) is 1. The van der Waals surface area contributed by atoms with Crippen LogP contribution in [0, 0.1) is 5.82 Å². The van der Waals surface area contributed by atoms with Crippen LogP contribution >= 0.6 is 0 Å². The third kappa shape index (κ3) is 4.09. The number of nitrogens with zero attached hydrogens (tertiary/aromatic N) is 2. The van der Waals surface area contributed by atoms with E-state index in [1.54, 1.807) is 6.07 Å². The highest BCUT2D eigenvalue weighted by atomic mass is 19.1. The van der Waals surface area contributed by atoms with Crippen LogP contribution in [0.15, 0.2) is 42.5 Å². The fourth-order valence-corrected chi connectivity index (χ4v) is 3.03. The van der Waals surface area contributed by atoms with Gasteiger partial charge < -0.3 is 20.9 Å². The number of benzene rings is 2. The third-order valence-electron chi connectivity index (χ3n) is 4.54. The molecular formula is C19H23FN4O. The van der Waals surface area contributed by atoms with Crippen LogP contribution in [0.3, 0.4) is 0 Å². The molecule has 1 aliphatic heterocycles. The number of halogens is 1. The number of nitrogens with one attached hydrogen (secondary N) is 1. The molecule has 132 valence electrons. The molecule has 1 amide bonds. The molecule has 0 unspecified atom stereocenters. The fourth-order valence-electron chi connectivity index (χ4n) is 3.03. The van der Waals surface area contributed by atoms with Crippen molar-refractivity contribution in [2.75, 3.05) is 48.7 Å². The number of nitrogen functional groups attached to an aromatic ring is 1. The van der Waals surface area contributed by atoms with Gasteiger partial charge in [-0.25, -0.2) is 4.39 Å². The molecule has 0 saturated carbocycles. The molecule has 3 N–H and O–H groups in total. The Balaban J connectivity index is 1.79. The summed E-state index contributed by atoms with van der Waals surface area (Å²) in [6.45, 7) is 6.99. The molecule has 1 saturated heterocycles. The summed E-state index contributed by atoms with van der Waals surface area (Å²) in [6.07, 6.45) is 0. The first kappa shape index (κ1) is 17.2. The van der Waals surface area contributed by atoms with Crippen LogP contribution in [0.25, 0.3) is 0 Å². The number of amides is 1. The number of hydrogen-bond donors (Lipinski definition) is 2. The van der Waals surface area contributed by atoms with Gasteiger partial charge in [0.1, 0.15) is 5.82 Å². The molecule has 6 heteroatoms. The number of rotatable bonds is 4. The van der Waals surface area contributed by atoms with E-state index in [2.05, 4.69) is 22.0 Å². The van der Waals surface area contributed by atoms with Crippen LogP contribution in [0.1, 0.15) is 17.3 Å². The zero-order valence-corrected chi connectivity index (χ0v) is 14.3. The van der Waals surface area contributed by atoms with Gasteiger partial charge in [0.25, 0.3) is 5.91 Å². The number of nitrogens with two attached hydrogens (primary N) is 1. The number of hydrogen-bond acceptors (Lipinski definition) is 4. The van der Waals surface area contributed by atoms with E-state index >= 15 is 0 Å². The van der Waals surface area contributed by atoms with Gasteiger partial charge >= 0.3 is 0 Å². The molecule has 0 aliphatic carbocycles. The van der Waals surface area contributed by atoms with E-state index in [0.29, 0.717) is 16.9 Å². The number of piperazine rings is 1. The predicted molar refractivity (Wildman–Crippen MR) is 99.5 cm³/mol. The minimum atomic E-state index is -0.366. The molecule has 1 fully saturated rings. The first-order valence-corrected chi connectivity index (χ1v) is 8.50. The van der Waals surface area contributed by atoms with E-state index < -0.39 is 0 Å². The fraction of sp³-hybridized carbons (Fsp3) is 0.316. The molecule has 1 aliphatic rings. The van der Waals surface area contributed by atoms with Crippen LogP contribution in [-0.4, -0.2) is 43.5 Å². The maximum Gasteiger partial charge on any atom is 0.255 e. The SMILES string of the molecule is CCN1CCN(c2ccc(N)cc2NC(=O)c2ccc(F)cc2)CC1. The lowest BCUT2D eigenvalue weighted by Gasteiger charge is -2.36. The largest absolute Gasteiger partial charge is 0.399 e. The zero-order chi connectivity index (χ0) is 17.8. The quantitative estimate of drug-likeness (QED) is 0.839. The van der Waals surface area contributed by atoms with Gasteiger partial charge in [0.15, 0.2) is 0 Å². The summed E-state index contributed by atoms with van der Waals surface area (Å²) >= 11 is 0. The lowest BCUT2D eigenvalue weighted by Crippen LogP contribution is -2.46. The summed E-state index contributed by atoms with van der Waals surface area (Å²) in [5.41, 5.74) is 8.54. The standard InChI is InChI=1S/C19H23FN4O/c1-2-23-9-11-24(12-10-23)18-8-7-16(21)13-17(18)22-19(25)14-3-5-15(20)6-4-14/h3-8,13H,2,9-12,21H2,1H3,(H,22,25). The Morgan fingerprint density at radius 1 is 1.12 bits per heavy atom. The van der Waals surface area contributed by atoms with Crippen molar-refractivity contribution in [3.05, 3.63) is 53.8 Å². The molecule has 0 bridgehead atoms. The van der Waals surface area contributed by atoms with E-state index in [1.165, 1.54) is 24.3 Å². The Hall–Kier alpha value is -2.60. The minimum Gasteiger partial charge on any atom is -0.399 e. The highest BCUT2D eigenvalue weighted by Gasteiger charge is 2.19. The Labute approximate surface area is 147 Å². The second-order valence-electron chi connectivity index (χ2n) is 6.16. The molecular weight excluding hydrogens is 319 g/mol. The molecule has 1 heterocycles. The van der Waals surface area contributed by atoms with E-state index in [0.717, 1.165) is 38.4 Å². The maximum absolute atomic E-state index is 13.0. The lowest BCUT2D eigenvalue weighted by atomic mass is 10.1. The summed E-state index contributed by atoms with van der Waals surface area (Å²) in [7, 11) is 0. The summed E-state index contributed by atoms with van der Waals surface area (Å²) in [4.78, 5) is 17.1. The van der Waals surface area contributed by atoms with Crippen molar-refractivity contribution < 1.29 is 9.18 Å². The Morgan fingerprint density at radius 2 is 1.80 bits per heavy atom. The van der Waals surface area contributed by atoms with Crippen LogP contribution < -0.4 is 16.0 Å². The van der Waals surface area contributed by atoms with Crippen molar-refractivity contribution in [1.82, 2.24) is 4.90 Å². The molecule has 0 spiro atoms. The summed E-state index contributed by atoms with van der Waals surface area (Å²) < 4.78 is 13.0. The van der Waals surface area contributed by atoms with Crippen molar-refractivity contribution >= 4 is 23.0 Å². The van der Waals surface area contributed by atoms with Gasteiger partial charge in [-0.3, -0.25) is 4.79 Å². The monoisotopic (exact) mass is 342 g/mol. The molecule has 2 aromatic rings. The van der Waals surface area contributed by atoms with Crippen molar-refractivity contribution in [1.29, 1.82) is 0 Å². The van der Waals surface area contributed by atoms with Crippen LogP contribution in [0.2, 0.25) is 0 Å². The molecule has 0 atom stereocenters. The average molecular weight is 342 g/mol. The Bertz CT molecular complexity index is 740. The highest BCUT2D eigenvalue weighted by Crippen LogP contribution is 2.29. The smallest absolute Gasteiger partial charge is 0.255 e. The second kappa shape index (κ2) is 7.53. The topological polar surface area (TPSA) is 61.6 Å². The van der Waals surface area contributed by atoms with Crippen molar-refractivity contribution in [3.63, 3.8) is 0 Å². The number of anilines is 3. The van der Waals surface area contributed by atoms with Crippen molar-refractivity contribution in [2.24, 2.45) is 0 Å². The van der Waals surface area contributed by atoms with E-state index in [-0.39, 0.29) is 11.7 Å². The van der Waals surface area contributed by atoms with Gasteiger partial charge in [0.2, 0.25) is 0 Å². The third-order valence-corrected chi connectivity index (χ3v) is 4.54. The molecule has 0 aromatic heterocycles. The molecule has 0 radical (unpaired) electrons. The van der Waals surface area contributed by atoms with E-state index in [9.17, 15) is 9.18 Å². The second-order valence-corrected chi connectivity index (χ2v) is 6.16. The molecule has 25 heavy (non-hydrogen) atoms. The van der Waals surface area contributed by atoms with E-state index in [4.69, 9.17) is 5.73 Å². The summed E-state index contributed by atoms with van der Waals surface area (Å²) in [5, 5.41) is 2.91. The molecule has 2 aromatic carbocycles. The van der Waals surface area contributed by atoms with Crippen LogP contribution in [0.4, 0.5) is 21.5 Å². The average Bonchev–Trinajstić information content (AvgIpc) is 2.62. The molecule has 5 nitrogen and oxygen atoms in total. The van der Waals surface area contributed by atoms with Gasteiger partial charge in [0.05, 0.1) is 11.4 Å². The first-order valence-electron chi connectivity index (χ1n) is 8.50.